The first-order valence-corrected chi connectivity index (χ1v) is 9.08. The van der Waals surface area contributed by atoms with Crippen molar-refractivity contribution in [2.75, 3.05) is 43.6 Å². The number of amides is 2. The Balaban J connectivity index is 1.84. The molecule has 0 saturated heterocycles. The third kappa shape index (κ3) is 7.43. The molecule has 1 aromatic carbocycles. The number of rotatable bonds is 11. The van der Waals surface area contributed by atoms with E-state index in [2.05, 4.69) is 15.6 Å². The first-order valence-electron chi connectivity index (χ1n) is 9.08. The molecule has 8 heteroatoms. The molecule has 0 spiro atoms. The number of aryl methyl sites for hydroxylation is 1. The standard InChI is InChI=1S/C20H26N4O4/c1-15-6-7-18(22-14-15)24-20(26)16-4-2-3-5-17(16)23-19(25)8-10-27-12-13-28-11-9-21/h2-7,14H,8-13,21H2,1H3,(H,23,25)(H,22,24,26). The Morgan fingerprint density at radius 2 is 1.75 bits per heavy atom. The lowest BCUT2D eigenvalue weighted by Gasteiger charge is -2.11. The molecular weight excluding hydrogens is 360 g/mol. The van der Waals surface area contributed by atoms with E-state index in [4.69, 9.17) is 15.2 Å². The Hall–Kier alpha value is -2.81. The van der Waals surface area contributed by atoms with Gasteiger partial charge in [-0.25, -0.2) is 4.98 Å². The Labute approximate surface area is 164 Å². The SMILES string of the molecule is Cc1ccc(NC(=O)c2ccccc2NC(=O)CCOCCOCCN)nc1. The molecule has 0 saturated carbocycles. The molecule has 0 radical (unpaired) electrons. The number of nitrogens with zero attached hydrogens (tertiary/aromatic N) is 1. The largest absolute Gasteiger partial charge is 0.379 e. The smallest absolute Gasteiger partial charge is 0.258 e. The maximum atomic E-state index is 12.5. The van der Waals surface area contributed by atoms with E-state index in [1.807, 2.05) is 13.0 Å². The summed E-state index contributed by atoms with van der Waals surface area (Å²) in [5.41, 5.74) is 7.10. The second-order valence-electron chi connectivity index (χ2n) is 6.03. The molecule has 0 fully saturated rings. The lowest BCUT2D eigenvalue weighted by Crippen LogP contribution is -2.20. The molecule has 150 valence electrons. The molecule has 4 N–H and O–H groups in total. The number of ether oxygens (including phenoxy) is 2. The van der Waals surface area contributed by atoms with Crippen LogP contribution in [0.1, 0.15) is 22.3 Å². The highest BCUT2D eigenvalue weighted by Gasteiger charge is 2.13. The third-order valence-corrected chi connectivity index (χ3v) is 3.71. The highest BCUT2D eigenvalue weighted by molar-refractivity contribution is 6.09. The zero-order chi connectivity index (χ0) is 20.2. The van der Waals surface area contributed by atoms with E-state index in [-0.39, 0.29) is 24.8 Å². The van der Waals surface area contributed by atoms with Gasteiger partial charge >= 0.3 is 0 Å². The van der Waals surface area contributed by atoms with Gasteiger partial charge in [-0.05, 0) is 30.7 Å². The zero-order valence-electron chi connectivity index (χ0n) is 15.9. The van der Waals surface area contributed by atoms with Gasteiger partial charge in [-0.2, -0.15) is 0 Å². The zero-order valence-corrected chi connectivity index (χ0v) is 15.9. The highest BCUT2D eigenvalue weighted by atomic mass is 16.5. The fourth-order valence-electron chi connectivity index (χ4n) is 2.30. The summed E-state index contributed by atoms with van der Waals surface area (Å²) in [7, 11) is 0. The molecule has 0 aliphatic rings. The van der Waals surface area contributed by atoms with Crippen LogP contribution in [0.3, 0.4) is 0 Å². The molecule has 2 amide bonds. The van der Waals surface area contributed by atoms with Crippen molar-refractivity contribution in [3.05, 3.63) is 53.7 Å². The fraction of sp³-hybridized carbons (Fsp3) is 0.350. The number of nitrogens with two attached hydrogens (primary N) is 1. The van der Waals surface area contributed by atoms with Crippen LogP contribution in [-0.4, -0.2) is 49.8 Å². The molecule has 28 heavy (non-hydrogen) atoms. The number of benzene rings is 1. The van der Waals surface area contributed by atoms with Gasteiger partial charge in [0, 0.05) is 12.7 Å². The maximum Gasteiger partial charge on any atom is 0.258 e. The minimum atomic E-state index is -0.347. The number of aromatic nitrogens is 1. The molecule has 8 nitrogen and oxygen atoms in total. The quantitative estimate of drug-likeness (QED) is 0.509. The summed E-state index contributed by atoms with van der Waals surface area (Å²) in [5.74, 6) is -0.140. The molecule has 0 aliphatic carbocycles. The van der Waals surface area contributed by atoms with Crippen LogP contribution in [0.15, 0.2) is 42.6 Å². The molecule has 2 rings (SSSR count). The van der Waals surface area contributed by atoms with Crippen LogP contribution in [0.4, 0.5) is 11.5 Å². The van der Waals surface area contributed by atoms with Crippen molar-refractivity contribution in [3.8, 4) is 0 Å². The Morgan fingerprint density at radius 1 is 1.00 bits per heavy atom. The number of carbonyl (C=O) groups is 2. The summed E-state index contributed by atoms with van der Waals surface area (Å²) in [6.07, 6.45) is 1.84. The van der Waals surface area contributed by atoms with E-state index in [0.717, 1.165) is 5.56 Å². The van der Waals surface area contributed by atoms with Gasteiger partial charge in [0.25, 0.3) is 5.91 Å². The van der Waals surface area contributed by atoms with Crippen molar-refractivity contribution in [3.63, 3.8) is 0 Å². The molecule has 1 heterocycles. The Morgan fingerprint density at radius 3 is 2.46 bits per heavy atom. The Bertz CT molecular complexity index is 765. The van der Waals surface area contributed by atoms with E-state index in [0.29, 0.717) is 43.4 Å². The number of anilines is 2. The molecule has 2 aromatic rings. The number of carbonyl (C=O) groups excluding carboxylic acids is 2. The van der Waals surface area contributed by atoms with Gasteiger partial charge < -0.3 is 25.8 Å². The number of hydrogen-bond acceptors (Lipinski definition) is 6. The van der Waals surface area contributed by atoms with Crippen LogP contribution in [0.25, 0.3) is 0 Å². The molecule has 0 unspecified atom stereocenters. The summed E-state index contributed by atoms with van der Waals surface area (Å²) in [5, 5.41) is 5.48. The van der Waals surface area contributed by atoms with Gasteiger partial charge in [0.15, 0.2) is 0 Å². The van der Waals surface area contributed by atoms with Crippen LogP contribution >= 0.6 is 0 Å². The van der Waals surface area contributed by atoms with Gasteiger partial charge in [-0.3, -0.25) is 9.59 Å². The van der Waals surface area contributed by atoms with Crippen LogP contribution in [0.5, 0.6) is 0 Å². The maximum absolute atomic E-state index is 12.5. The summed E-state index contributed by atoms with van der Waals surface area (Å²) in [4.78, 5) is 28.8. The first-order chi connectivity index (χ1) is 13.6. The van der Waals surface area contributed by atoms with Gasteiger partial charge in [0.1, 0.15) is 5.82 Å². The second-order valence-corrected chi connectivity index (χ2v) is 6.03. The van der Waals surface area contributed by atoms with Crippen molar-refractivity contribution in [2.24, 2.45) is 5.73 Å². The minimum absolute atomic E-state index is 0.173. The molecule has 0 aliphatic heterocycles. The van der Waals surface area contributed by atoms with E-state index in [9.17, 15) is 9.59 Å². The van der Waals surface area contributed by atoms with Crippen LogP contribution in [0.2, 0.25) is 0 Å². The van der Waals surface area contributed by atoms with Gasteiger partial charge in [0.05, 0.1) is 44.1 Å². The van der Waals surface area contributed by atoms with Crippen molar-refractivity contribution < 1.29 is 19.1 Å². The van der Waals surface area contributed by atoms with Crippen molar-refractivity contribution in [1.29, 1.82) is 0 Å². The summed E-state index contributed by atoms with van der Waals surface area (Å²) in [6.45, 7) is 3.97. The summed E-state index contributed by atoms with van der Waals surface area (Å²) in [6, 6.07) is 10.4. The molecule has 0 bridgehead atoms. The van der Waals surface area contributed by atoms with E-state index < -0.39 is 0 Å². The van der Waals surface area contributed by atoms with E-state index in [1.54, 1.807) is 36.5 Å². The average Bonchev–Trinajstić information content (AvgIpc) is 2.69. The summed E-state index contributed by atoms with van der Waals surface area (Å²) >= 11 is 0. The monoisotopic (exact) mass is 386 g/mol. The lowest BCUT2D eigenvalue weighted by molar-refractivity contribution is -0.117. The second kappa shape index (κ2) is 11.8. The molecular formula is C20H26N4O4. The van der Waals surface area contributed by atoms with Crippen LogP contribution in [-0.2, 0) is 14.3 Å². The average molecular weight is 386 g/mol. The normalized spacial score (nSPS) is 10.5. The predicted octanol–water partition coefficient (Wildman–Crippen LogP) is 1.96. The molecule has 1 aromatic heterocycles. The van der Waals surface area contributed by atoms with Crippen molar-refractivity contribution >= 4 is 23.3 Å². The van der Waals surface area contributed by atoms with E-state index in [1.165, 1.54) is 0 Å². The number of nitrogens with one attached hydrogen (secondary N) is 2. The van der Waals surface area contributed by atoms with Crippen LogP contribution in [0, 0.1) is 6.92 Å². The first kappa shape index (κ1) is 21.5. The van der Waals surface area contributed by atoms with E-state index >= 15 is 0 Å². The van der Waals surface area contributed by atoms with Crippen molar-refractivity contribution in [1.82, 2.24) is 4.98 Å². The number of pyridine rings is 1. The predicted molar refractivity (Wildman–Crippen MR) is 107 cm³/mol. The van der Waals surface area contributed by atoms with Gasteiger partial charge in [0.2, 0.25) is 5.91 Å². The number of para-hydroxylation sites is 1. The van der Waals surface area contributed by atoms with Gasteiger partial charge in [-0.15, -0.1) is 0 Å². The van der Waals surface area contributed by atoms with Crippen molar-refractivity contribution in [2.45, 2.75) is 13.3 Å². The minimum Gasteiger partial charge on any atom is -0.379 e. The number of hydrogen-bond donors (Lipinski definition) is 3. The third-order valence-electron chi connectivity index (χ3n) is 3.71. The fourth-order valence-corrected chi connectivity index (χ4v) is 2.30. The molecule has 0 atom stereocenters. The van der Waals surface area contributed by atoms with Crippen LogP contribution < -0.4 is 16.4 Å². The highest BCUT2D eigenvalue weighted by Crippen LogP contribution is 2.17. The topological polar surface area (TPSA) is 116 Å². The Kier molecular flexibility index (Phi) is 9.06. The summed E-state index contributed by atoms with van der Waals surface area (Å²) < 4.78 is 10.5. The van der Waals surface area contributed by atoms with Gasteiger partial charge in [-0.1, -0.05) is 18.2 Å². The lowest BCUT2D eigenvalue weighted by atomic mass is 10.1.